The number of hydrogen-bond acceptors (Lipinski definition) is 6. The first-order valence-electron chi connectivity index (χ1n) is 10.5. The van der Waals surface area contributed by atoms with Crippen LogP contribution in [0.3, 0.4) is 0 Å². The molecule has 0 atom stereocenters. The lowest BCUT2D eigenvalue weighted by Gasteiger charge is -2.26. The van der Waals surface area contributed by atoms with Crippen molar-refractivity contribution in [1.29, 1.82) is 0 Å². The lowest BCUT2D eigenvalue weighted by atomic mass is 10.0. The van der Waals surface area contributed by atoms with Crippen molar-refractivity contribution in [3.63, 3.8) is 0 Å². The van der Waals surface area contributed by atoms with Crippen molar-refractivity contribution in [3.8, 4) is 11.5 Å². The summed E-state index contributed by atoms with van der Waals surface area (Å²) in [6.45, 7) is 0.352. The number of nitrogens with one attached hydrogen (secondary N) is 1. The Labute approximate surface area is 200 Å². The van der Waals surface area contributed by atoms with Crippen LogP contribution in [-0.2, 0) is 16.2 Å². The van der Waals surface area contributed by atoms with Crippen molar-refractivity contribution in [1.82, 2.24) is 5.32 Å². The molecule has 1 aliphatic heterocycles. The van der Waals surface area contributed by atoms with E-state index < -0.39 is 23.8 Å². The van der Waals surface area contributed by atoms with Gasteiger partial charge in [-0.05, 0) is 53.6 Å². The maximum Gasteiger partial charge on any atom is 0.339 e. The van der Waals surface area contributed by atoms with Crippen LogP contribution in [0.5, 0.6) is 11.5 Å². The minimum absolute atomic E-state index is 0.130. The molecule has 176 valence electrons. The van der Waals surface area contributed by atoms with Gasteiger partial charge >= 0.3 is 12.0 Å². The van der Waals surface area contributed by atoms with Gasteiger partial charge in [-0.2, -0.15) is 0 Å². The molecule has 3 aromatic rings. The third-order valence-corrected chi connectivity index (χ3v) is 5.21. The summed E-state index contributed by atoms with van der Waals surface area (Å²) in [7, 11) is 1.33. The normalized spacial score (nSPS) is 14.6. The number of amides is 4. The van der Waals surface area contributed by atoms with Crippen LogP contribution in [0.1, 0.15) is 21.5 Å². The number of barbiturate groups is 1. The van der Waals surface area contributed by atoms with E-state index in [9.17, 15) is 24.3 Å². The summed E-state index contributed by atoms with van der Waals surface area (Å²) in [5.41, 5.74) is 1.04. The van der Waals surface area contributed by atoms with Gasteiger partial charge in [0.05, 0.1) is 12.8 Å². The minimum Gasteiger partial charge on any atom is -0.496 e. The molecule has 0 aliphatic carbocycles. The van der Waals surface area contributed by atoms with Gasteiger partial charge in [0.15, 0.2) is 0 Å². The maximum atomic E-state index is 13.1. The molecule has 2 N–H and O–H groups in total. The van der Waals surface area contributed by atoms with Crippen LogP contribution < -0.4 is 19.7 Å². The number of ether oxygens (including phenoxy) is 2. The Kier molecular flexibility index (Phi) is 6.59. The summed E-state index contributed by atoms with van der Waals surface area (Å²) in [5, 5.41) is 11.5. The molecule has 4 rings (SSSR count). The Morgan fingerprint density at radius 2 is 1.71 bits per heavy atom. The van der Waals surface area contributed by atoms with E-state index in [1.165, 1.54) is 43.5 Å². The van der Waals surface area contributed by atoms with Gasteiger partial charge < -0.3 is 14.6 Å². The molecule has 9 heteroatoms. The molecule has 4 amide bonds. The lowest BCUT2D eigenvalue weighted by molar-refractivity contribution is -0.122. The summed E-state index contributed by atoms with van der Waals surface area (Å²) in [5.74, 6) is -2.29. The molecular weight excluding hydrogens is 452 g/mol. The highest BCUT2D eigenvalue weighted by atomic mass is 16.5. The molecule has 1 heterocycles. The average Bonchev–Trinajstić information content (AvgIpc) is 2.86. The maximum absolute atomic E-state index is 13.1. The molecule has 0 saturated carbocycles. The molecule has 0 aromatic heterocycles. The van der Waals surface area contributed by atoms with Crippen LogP contribution in [0.4, 0.5) is 10.5 Å². The number of imide groups is 2. The monoisotopic (exact) mass is 472 g/mol. The Bertz CT molecular complexity index is 1330. The molecule has 35 heavy (non-hydrogen) atoms. The van der Waals surface area contributed by atoms with E-state index in [1.54, 1.807) is 12.1 Å². The highest BCUT2D eigenvalue weighted by Crippen LogP contribution is 2.26. The smallest absolute Gasteiger partial charge is 0.339 e. The van der Waals surface area contributed by atoms with Crippen LogP contribution in [0.25, 0.3) is 6.08 Å². The van der Waals surface area contributed by atoms with E-state index >= 15 is 0 Å². The molecular formula is C26H20N2O7. The van der Waals surface area contributed by atoms with Gasteiger partial charge in [-0.1, -0.05) is 36.4 Å². The van der Waals surface area contributed by atoms with Crippen molar-refractivity contribution in [3.05, 3.63) is 95.1 Å². The molecule has 0 unspecified atom stereocenters. The van der Waals surface area contributed by atoms with Crippen LogP contribution in [0.15, 0.2) is 78.4 Å². The second kappa shape index (κ2) is 9.92. The van der Waals surface area contributed by atoms with Crippen LogP contribution in [0, 0.1) is 0 Å². The predicted molar refractivity (Wildman–Crippen MR) is 126 cm³/mol. The zero-order chi connectivity index (χ0) is 24.9. The van der Waals surface area contributed by atoms with Crippen molar-refractivity contribution in [2.75, 3.05) is 12.0 Å². The quantitative estimate of drug-likeness (QED) is 0.398. The van der Waals surface area contributed by atoms with Gasteiger partial charge in [-0.25, -0.2) is 14.5 Å². The van der Waals surface area contributed by atoms with Crippen molar-refractivity contribution in [2.45, 2.75) is 6.61 Å². The zero-order valence-electron chi connectivity index (χ0n) is 18.6. The van der Waals surface area contributed by atoms with E-state index in [0.29, 0.717) is 12.4 Å². The number of methoxy groups -OCH3 is 1. The number of urea groups is 1. The van der Waals surface area contributed by atoms with Crippen molar-refractivity contribution >= 4 is 35.6 Å². The number of carbonyl (C=O) groups is 4. The molecule has 9 nitrogen and oxygen atoms in total. The van der Waals surface area contributed by atoms with E-state index in [4.69, 9.17) is 9.47 Å². The Balaban J connectivity index is 1.57. The summed E-state index contributed by atoms with van der Waals surface area (Å²) in [6.07, 6.45) is 1.22. The molecule has 1 fully saturated rings. The standard InChI is InChI=1S/C26H20N2O7/c1-34-22-12-7-17(13-20(22)25(31)32)14-21-23(29)27-26(33)28(24(21)30)18-8-10-19(11-9-18)35-15-16-5-3-2-4-6-16/h2-14H,15H2,1H3,(H,31,32)(H,27,29,33). The fourth-order valence-electron chi connectivity index (χ4n) is 3.47. The second-order valence-corrected chi connectivity index (χ2v) is 7.49. The third-order valence-electron chi connectivity index (χ3n) is 5.21. The molecule has 1 aliphatic rings. The SMILES string of the molecule is COc1ccc(C=C2C(=O)NC(=O)N(c3ccc(OCc4ccccc4)cc3)C2=O)cc1C(=O)O. The number of hydrogen-bond donors (Lipinski definition) is 2. The van der Waals surface area contributed by atoms with Crippen LogP contribution in [-0.4, -0.2) is 36.0 Å². The van der Waals surface area contributed by atoms with Crippen molar-refractivity contribution in [2.24, 2.45) is 0 Å². The van der Waals surface area contributed by atoms with E-state index in [2.05, 4.69) is 5.32 Å². The van der Waals surface area contributed by atoms with Crippen molar-refractivity contribution < 1.29 is 33.8 Å². The average molecular weight is 472 g/mol. The first kappa shape index (κ1) is 23.2. The summed E-state index contributed by atoms with van der Waals surface area (Å²) < 4.78 is 10.8. The molecule has 0 bridgehead atoms. The van der Waals surface area contributed by atoms with Gasteiger partial charge in [0.2, 0.25) is 0 Å². The van der Waals surface area contributed by atoms with Gasteiger partial charge in [0.1, 0.15) is 29.2 Å². The molecule has 0 spiro atoms. The summed E-state index contributed by atoms with van der Waals surface area (Å²) >= 11 is 0. The number of carboxylic acids is 1. The number of rotatable bonds is 7. The second-order valence-electron chi connectivity index (χ2n) is 7.49. The fraction of sp³-hybridized carbons (Fsp3) is 0.0769. The molecule has 0 radical (unpaired) electrons. The Morgan fingerprint density at radius 3 is 2.37 bits per heavy atom. The van der Waals surface area contributed by atoms with Gasteiger partial charge in [0.25, 0.3) is 11.8 Å². The largest absolute Gasteiger partial charge is 0.496 e. The highest BCUT2D eigenvalue weighted by molar-refractivity contribution is 6.39. The van der Waals surface area contributed by atoms with Crippen LogP contribution >= 0.6 is 0 Å². The van der Waals surface area contributed by atoms with Crippen LogP contribution in [0.2, 0.25) is 0 Å². The topological polar surface area (TPSA) is 122 Å². The van der Waals surface area contributed by atoms with Gasteiger partial charge in [0, 0.05) is 0 Å². The number of aromatic carboxylic acids is 1. The Morgan fingerprint density at radius 1 is 1.00 bits per heavy atom. The zero-order valence-corrected chi connectivity index (χ0v) is 18.6. The first-order valence-corrected chi connectivity index (χ1v) is 10.5. The van der Waals surface area contributed by atoms with E-state index in [-0.39, 0.29) is 28.1 Å². The van der Waals surface area contributed by atoms with Gasteiger partial charge in [-0.15, -0.1) is 0 Å². The fourth-order valence-corrected chi connectivity index (χ4v) is 3.47. The third kappa shape index (κ3) is 5.03. The number of anilines is 1. The van der Waals surface area contributed by atoms with E-state index in [1.807, 2.05) is 30.3 Å². The first-order chi connectivity index (χ1) is 16.9. The molecule has 3 aromatic carbocycles. The van der Waals surface area contributed by atoms with E-state index in [0.717, 1.165) is 10.5 Å². The number of nitrogens with zero attached hydrogens (tertiary/aromatic N) is 1. The lowest BCUT2D eigenvalue weighted by Crippen LogP contribution is -2.54. The summed E-state index contributed by atoms with van der Waals surface area (Å²) in [6, 6.07) is 19.2. The molecule has 1 saturated heterocycles. The number of benzene rings is 3. The number of carbonyl (C=O) groups excluding carboxylic acids is 3. The Hall–Kier alpha value is -4.92. The highest BCUT2D eigenvalue weighted by Gasteiger charge is 2.36. The number of carboxylic acid groups (broad SMARTS) is 1. The summed E-state index contributed by atoms with van der Waals surface area (Å²) in [4.78, 5) is 50.3. The predicted octanol–water partition coefficient (Wildman–Crippen LogP) is 3.64. The minimum atomic E-state index is -1.23. The van der Waals surface area contributed by atoms with Gasteiger partial charge in [-0.3, -0.25) is 14.9 Å².